The van der Waals surface area contributed by atoms with E-state index in [9.17, 15) is 9.59 Å². The maximum absolute atomic E-state index is 12.1. The number of azide groups is 1. The molecule has 0 spiro atoms. The van der Waals surface area contributed by atoms with Crippen LogP contribution in [0.15, 0.2) is 52.7 Å². The summed E-state index contributed by atoms with van der Waals surface area (Å²) in [4.78, 5) is 29.2. The number of carboxylic acids is 1. The molecule has 0 fully saturated rings. The van der Waals surface area contributed by atoms with Gasteiger partial charge in [-0.2, -0.15) is 0 Å². The maximum atomic E-state index is 12.1. The number of benzene rings is 1. The Morgan fingerprint density at radius 1 is 1.26 bits per heavy atom. The van der Waals surface area contributed by atoms with Crippen LogP contribution in [0.3, 0.4) is 0 Å². The van der Waals surface area contributed by atoms with Crippen LogP contribution in [0.5, 0.6) is 0 Å². The van der Waals surface area contributed by atoms with E-state index in [1.54, 1.807) is 36.4 Å². The highest BCUT2D eigenvalue weighted by Gasteiger charge is 2.08. The average molecular weight is 329 g/mol. The molecule has 1 amide bonds. The third-order valence-electron chi connectivity index (χ3n) is 2.63. The zero-order chi connectivity index (χ0) is 16.7. The van der Waals surface area contributed by atoms with E-state index in [0.717, 1.165) is 11.8 Å². The monoisotopic (exact) mass is 329 g/mol. The van der Waals surface area contributed by atoms with Gasteiger partial charge in [-0.1, -0.05) is 29.0 Å². The van der Waals surface area contributed by atoms with Gasteiger partial charge in [0, 0.05) is 22.5 Å². The van der Waals surface area contributed by atoms with Crippen molar-refractivity contribution >= 4 is 35.0 Å². The van der Waals surface area contributed by atoms with Crippen molar-refractivity contribution in [3.05, 3.63) is 58.6 Å². The highest BCUT2D eigenvalue weighted by Crippen LogP contribution is 2.18. The first-order chi connectivity index (χ1) is 11.1. The number of amides is 1. The molecule has 0 aliphatic heterocycles. The van der Waals surface area contributed by atoms with Crippen LogP contribution in [-0.4, -0.2) is 27.7 Å². The van der Waals surface area contributed by atoms with Crippen molar-refractivity contribution in [2.45, 2.75) is 5.03 Å². The SMILES string of the molecule is [N-]=[N+]=Nc1ccc(NC(=O)c2ccc(SCC(=O)O)nc2)cc1. The fraction of sp³-hybridized carbons (Fsp3) is 0.0714. The van der Waals surface area contributed by atoms with E-state index in [1.807, 2.05) is 0 Å². The summed E-state index contributed by atoms with van der Waals surface area (Å²) in [5.41, 5.74) is 9.68. The number of hydrogen-bond donors (Lipinski definition) is 2. The van der Waals surface area contributed by atoms with Crippen molar-refractivity contribution in [3.63, 3.8) is 0 Å². The zero-order valence-electron chi connectivity index (χ0n) is 11.7. The number of nitrogens with zero attached hydrogens (tertiary/aromatic N) is 4. The number of pyridine rings is 1. The quantitative estimate of drug-likeness (QED) is 0.363. The first-order valence-electron chi connectivity index (χ1n) is 6.35. The topological polar surface area (TPSA) is 128 Å². The summed E-state index contributed by atoms with van der Waals surface area (Å²) in [7, 11) is 0. The van der Waals surface area contributed by atoms with Gasteiger partial charge in [-0.25, -0.2) is 4.98 Å². The molecule has 8 nitrogen and oxygen atoms in total. The van der Waals surface area contributed by atoms with E-state index in [4.69, 9.17) is 10.6 Å². The standard InChI is InChI=1S/C14H11N5O3S/c15-19-18-11-4-2-10(3-5-11)17-14(22)9-1-6-12(16-7-9)23-8-13(20)21/h1-7H,8H2,(H,17,22)(H,20,21). The largest absolute Gasteiger partial charge is 0.481 e. The Labute approximate surface area is 135 Å². The molecule has 0 unspecified atom stereocenters. The van der Waals surface area contributed by atoms with Crippen LogP contribution in [0.2, 0.25) is 0 Å². The molecule has 1 aromatic heterocycles. The number of carbonyl (C=O) groups excluding carboxylic acids is 1. The lowest BCUT2D eigenvalue weighted by molar-refractivity contribution is -0.133. The predicted molar refractivity (Wildman–Crippen MR) is 85.8 cm³/mol. The molecule has 1 aromatic carbocycles. The van der Waals surface area contributed by atoms with Gasteiger partial charge >= 0.3 is 5.97 Å². The number of thioether (sulfide) groups is 1. The van der Waals surface area contributed by atoms with Crippen LogP contribution in [0.25, 0.3) is 10.4 Å². The van der Waals surface area contributed by atoms with E-state index in [1.165, 1.54) is 6.20 Å². The lowest BCUT2D eigenvalue weighted by Gasteiger charge is -2.06. The Morgan fingerprint density at radius 3 is 2.57 bits per heavy atom. The van der Waals surface area contributed by atoms with Crippen LogP contribution < -0.4 is 5.32 Å². The van der Waals surface area contributed by atoms with Crippen molar-refractivity contribution in [2.24, 2.45) is 5.11 Å². The molecular weight excluding hydrogens is 318 g/mol. The molecule has 0 radical (unpaired) electrons. The number of nitrogens with one attached hydrogen (secondary N) is 1. The first kappa shape index (κ1) is 16.3. The number of aromatic nitrogens is 1. The minimum atomic E-state index is -0.928. The molecule has 0 aliphatic carbocycles. The molecular formula is C14H11N5O3S. The molecule has 0 saturated heterocycles. The summed E-state index contributed by atoms with van der Waals surface area (Å²) in [6, 6.07) is 9.56. The van der Waals surface area contributed by atoms with Gasteiger partial charge in [-0.15, -0.1) is 0 Å². The van der Waals surface area contributed by atoms with Crippen molar-refractivity contribution in [2.75, 3.05) is 11.1 Å². The number of aliphatic carboxylic acids is 1. The number of anilines is 1. The lowest BCUT2D eigenvalue weighted by Crippen LogP contribution is -2.12. The van der Waals surface area contributed by atoms with Crippen molar-refractivity contribution in [1.29, 1.82) is 0 Å². The number of carboxylic acid groups (broad SMARTS) is 1. The van der Waals surface area contributed by atoms with Gasteiger partial charge in [-0.05, 0) is 29.8 Å². The second kappa shape index (κ2) is 7.83. The smallest absolute Gasteiger partial charge is 0.313 e. The third-order valence-corrected chi connectivity index (χ3v) is 3.56. The first-order valence-corrected chi connectivity index (χ1v) is 7.34. The van der Waals surface area contributed by atoms with E-state index in [-0.39, 0.29) is 11.7 Å². The minimum Gasteiger partial charge on any atom is -0.481 e. The molecule has 0 bridgehead atoms. The van der Waals surface area contributed by atoms with Gasteiger partial charge < -0.3 is 10.4 Å². The highest BCUT2D eigenvalue weighted by molar-refractivity contribution is 7.99. The summed E-state index contributed by atoms with van der Waals surface area (Å²) >= 11 is 1.08. The van der Waals surface area contributed by atoms with Crippen LogP contribution in [0.4, 0.5) is 11.4 Å². The fourth-order valence-corrected chi connectivity index (χ4v) is 2.16. The normalized spacial score (nSPS) is 9.74. The van der Waals surface area contributed by atoms with Gasteiger partial charge in [0.25, 0.3) is 5.91 Å². The Morgan fingerprint density at radius 2 is 2.00 bits per heavy atom. The Kier molecular flexibility index (Phi) is 5.56. The Bertz CT molecular complexity index is 755. The van der Waals surface area contributed by atoms with Gasteiger partial charge in [-0.3, -0.25) is 9.59 Å². The van der Waals surface area contributed by atoms with E-state index < -0.39 is 5.97 Å². The summed E-state index contributed by atoms with van der Waals surface area (Å²) in [5.74, 6) is -1.36. The molecule has 2 aromatic rings. The molecule has 2 N–H and O–H groups in total. The van der Waals surface area contributed by atoms with Crippen molar-refractivity contribution in [1.82, 2.24) is 4.98 Å². The van der Waals surface area contributed by atoms with Gasteiger partial charge in [0.05, 0.1) is 16.3 Å². The van der Waals surface area contributed by atoms with Crippen LogP contribution in [-0.2, 0) is 4.79 Å². The molecule has 0 atom stereocenters. The summed E-state index contributed by atoms with van der Waals surface area (Å²) in [5, 5.41) is 15.2. The van der Waals surface area contributed by atoms with E-state index in [0.29, 0.717) is 22.0 Å². The number of rotatable bonds is 6. The molecule has 0 saturated carbocycles. The molecule has 116 valence electrons. The van der Waals surface area contributed by atoms with Gasteiger partial charge in [0.15, 0.2) is 0 Å². The van der Waals surface area contributed by atoms with Crippen molar-refractivity contribution in [3.8, 4) is 0 Å². The highest BCUT2D eigenvalue weighted by atomic mass is 32.2. The number of carbonyl (C=O) groups is 2. The summed E-state index contributed by atoms with van der Waals surface area (Å²) in [6.45, 7) is 0. The van der Waals surface area contributed by atoms with Gasteiger partial charge in [0.2, 0.25) is 0 Å². The van der Waals surface area contributed by atoms with Crippen LogP contribution in [0.1, 0.15) is 10.4 Å². The van der Waals surface area contributed by atoms with E-state index in [2.05, 4.69) is 20.3 Å². The Hall–Kier alpha value is -3.03. The van der Waals surface area contributed by atoms with Gasteiger partial charge in [0.1, 0.15) is 0 Å². The maximum Gasteiger partial charge on any atom is 0.313 e. The summed E-state index contributed by atoms with van der Waals surface area (Å²) < 4.78 is 0. The minimum absolute atomic E-state index is 0.0872. The predicted octanol–water partition coefficient (Wildman–Crippen LogP) is 3.45. The molecule has 0 aliphatic rings. The second-order valence-corrected chi connectivity index (χ2v) is 5.25. The van der Waals surface area contributed by atoms with Crippen molar-refractivity contribution < 1.29 is 14.7 Å². The van der Waals surface area contributed by atoms with Crippen LogP contribution >= 0.6 is 11.8 Å². The van der Waals surface area contributed by atoms with Crippen LogP contribution in [0, 0.1) is 0 Å². The third kappa shape index (κ3) is 5.03. The molecule has 1 heterocycles. The molecule has 23 heavy (non-hydrogen) atoms. The second-order valence-electron chi connectivity index (χ2n) is 4.26. The average Bonchev–Trinajstić information content (AvgIpc) is 2.55. The summed E-state index contributed by atoms with van der Waals surface area (Å²) in [6.07, 6.45) is 1.38. The lowest BCUT2D eigenvalue weighted by atomic mass is 10.2. The zero-order valence-corrected chi connectivity index (χ0v) is 12.5. The molecule has 2 rings (SSSR count). The fourth-order valence-electron chi connectivity index (χ4n) is 1.60. The van der Waals surface area contributed by atoms with E-state index >= 15 is 0 Å². The Balaban J connectivity index is 1.99. The molecule has 9 heteroatoms. The number of hydrogen-bond acceptors (Lipinski definition) is 5.